The third kappa shape index (κ3) is 2.60. The first-order valence-electron chi connectivity index (χ1n) is 7.27. The summed E-state index contributed by atoms with van der Waals surface area (Å²) < 4.78 is 6.48. The molecule has 0 aliphatic heterocycles. The smallest absolute Gasteiger partial charge is 0.317 e. The Kier molecular flexibility index (Phi) is 4.04. The molecule has 1 atom stereocenters. The highest BCUT2D eigenvalue weighted by molar-refractivity contribution is 14.1. The van der Waals surface area contributed by atoms with E-state index in [9.17, 15) is 4.79 Å². The number of carbonyl (C=O) groups is 1. The van der Waals surface area contributed by atoms with Crippen molar-refractivity contribution < 1.29 is 9.53 Å². The Morgan fingerprint density at radius 3 is 2.50 bits per heavy atom. The molecule has 2 N–H and O–H groups in total. The lowest BCUT2D eigenvalue weighted by molar-refractivity contribution is -0.145. The van der Waals surface area contributed by atoms with Gasteiger partial charge in [-0.3, -0.25) is 4.79 Å². The molecule has 3 rings (SSSR count). The number of hydrogen-bond acceptors (Lipinski definition) is 3. The normalized spacial score (nSPS) is 29.4. The van der Waals surface area contributed by atoms with Crippen molar-refractivity contribution in [2.75, 3.05) is 4.43 Å². The van der Waals surface area contributed by atoms with Gasteiger partial charge in [-0.15, -0.1) is 0 Å². The summed E-state index contributed by atoms with van der Waals surface area (Å²) in [5.41, 5.74) is 6.88. The molecule has 3 nitrogen and oxygen atoms in total. The van der Waals surface area contributed by atoms with Gasteiger partial charge in [0, 0.05) is 10.5 Å². The van der Waals surface area contributed by atoms with Gasteiger partial charge < -0.3 is 10.5 Å². The largest absolute Gasteiger partial charge is 0.426 e. The average Bonchev–Trinajstić information content (AvgIpc) is 3.09. The lowest BCUT2D eigenvalue weighted by Crippen LogP contribution is -2.30. The molecule has 2 fully saturated rings. The Morgan fingerprint density at radius 1 is 1.35 bits per heavy atom. The fourth-order valence-electron chi connectivity index (χ4n) is 3.57. The van der Waals surface area contributed by atoms with Crippen LogP contribution >= 0.6 is 22.6 Å². The van der Waals surface area contributed by atoms with E-state index in [0.29, 0.717) is 5.75 Å². The zero-order valence-corrected chi connectivity index (χ0v) is 13.6. The van der Waals surface area contributed by atoms with Crippen LogP contribution in [0.4, 0.5) is 0 Å². The summed E-state index contributed by atoms with van der Waals surface area (Å²) in [7, 11) is 0. The molecule has 1 aromatic carbocycles. The number of esters is 1. The molecule has 0 aromatic heterocycles. The van der Waals surface area contributed by atoms with Gasteiger partial charge >= 0.3 is 5.97 Å². The SMILES string of the molecule is NC(CI)c1ccc(OC(=O)C23CCC(CC2)C3)cc1. The molecule has 2 bridgehead atoms. The molecule has 2 aliphatic rings. The summed E-state index contributed by atoms with van der Waals surface area (Å²) in [5.74, 6) is 1.37. The van der Waals surface area contributed by atoms with Crippen molar-refractivity contribution >= 4 is 28.6 Å². The lowest BCUT2D eigenvalue weighted by Gasteiger charge is -2.23. The van der Waals surface area contributed by atoms with Crippen molar-refractivity contribution in [3.05, 3.63) is 29.8 Å². The van der Waals surface area contributed by atoms with Crippen LogP contribution in [-0.4, -0.2) is 10.4 Å². The number of hydrogen-bond donors (Lipinski definition) is 1. The standard InChI is InChI=1S/C16H20INO2/c17-10-14(18)12-1-3-13(4-2-12)20-15(19)16-7-5-11(9-16)6-8-16/h1-4,11,14H,5-10,18H2. The molecule has 4 heteroatoms. The predicted molar refractivity (Wildman–Crippen MR) is 86.9 cm³/mol. The van der Waals surface area contributed by atoms with E-state index in [1.54, 1.807) is 0 Å². The zero-order valence-electron chi connectivity index (χ0n) is 11.5. The Balaban J connectivity index is 1.67. The summed E-state index contributed by atoms with van der Waals surface area (Å²) in [6, 6.07) is 7.67. The first-order chi connectivity index (χ1) is 9.63. The van der Waals surface area contributed by atoms with E-state index >= 15 is 0 Å². The monoisotopic (exact) mass is 385 g/mol. The number of rotatable bonds is 4. The molecular formula is C16H20INO2. The highest BCUT2D eigenvalue weighted by atomic mass is 127. The number of carbonyl (C=O) groups excluding carboxylic acids is 1. The maximum Gasteiger partial charge on any atom is 0.317 e. The average molecular weight is 385 g/mol. The second-order valence-corrected chi connectivity index (χ2v) is 7.03. The topological polar surface area (TPSA) is 52.3 Å². The number of nitrogens with two attached hydrogens (primary N) is 1. The molecule has 0 spiro atoms. The van der Waals surface area contributed by atoms with Gasteiger partial charge in [0.2, 0.25) is 0 Å². The third-order valence-electron chi connectivity index (χ3n) is 4.86. The van der Waals surface area contributed by atoms with Crippen molar-refractivity contribution in [2.45, 2.75) is 38.1 Å². The molecule has 1 unspecified atom stereocenters. The summed E-state index contributed by atoms with van der Waals surface area (Å²) in [5, 5.41) is 0. The number of benzene rings is 1. The van der Waals surface area contributed by atoms with E-state index in [-0.39, 0.29) is 17.4 Å². The summed E-state index contributed by atoms with van der Waals surface area (Å²) >= 11 is 2.27. The van der Waals surface area contributed by atoms with Crippen LogP contribution in [0.15, 0.2) is 24.3 Å². The summed E-state index contributed by atoms with van der Waals surface area (Å²) in [4.78, 5) is 12.4. The van der Waals surface area contributed by atoms with Gasteiger partial charge in [-0.1, -0.05) is 34.7 Å². The Labute approximate surface area is 133 Å². The van der Waals surface area contributed by atoms with Gasteiger partial charge in [0.15, 0.2) is 0 Å². The van der Waals surface area contributed by atoms with Crippen molar-refractivity contribution in [3.8, 4) is 5.75 Å². The third-order valence-corrected chi connectivity index (χ3v) is 5.81. The van der Waals surface area contributed by atoms with E-state index in [0.717, 1.165) is 35.2 Å². The Morgan fingerprint density at radius 2 is 2.00 bits per heavy atom. The first-order valence-corrected chi connectivity index (χ1v) is 8.79. The minimum Gasteiger partial charge on any atom is -0.426 e. The Bertz CT molecular complexity index is 492. The lowest BCUT2D eigenvalue weighted by atomic mass is 9.84. The molecule has 108 valence electrons. The zero-order chi connectivity index (χ0) is 14.2. The molecule has 0 radical (unpaired) electrons. The van der Waals surface area contributed by atoms with Gasteiger partial charge in [0.25, 0.3) is 0 Å². The minimum atomic E-state index is -0.179. The van der Waals surface area contributed by atoms with Gasteiger partial charge in [0.05, 0.1) is 5.41 Å². The molecule has 20 heavy (non-hydrogen) atoms. The van der Waals surface area contributed by atoms with Crippen LogP contribution in [0, 0.1) is 11.3 Å². The van der Waals surface area contributed by atoms with Gasteiger partial charge in [-0.05, 0) is 55.7 Å². The van der Waals surface area contributed by atoms with Crippen molar-refractivity contribution in [2.24, 2.45) is 17.1 Å². The van der Waals surface area contributed by atoms with E-state index in [4.69, 9.17) is 10.5 Å². The van der Waals surface area contributed by atoms with E-state index in [1.807, 2.05) is 24.3 Å². The molecular weight excluding hydrogens is 365 g/mol. The highest BCUT2D eigenvalue weighted by Gasteiger charge is 2.51. The fraction of sp³-hybridized carbons (Fsp3) is 0.562. The van der Waals surface area contributed by atoms with Gasteiger partial charge in [0.1, 0.15) is 5.75 Å². The van der Waals surface area contributed by atoms with Crippen LogP contribution < -0.4 is 10.5 Å². The van der Waals surface area contributed by atoms with E-state index in [1.165, 1.54) is 12.8 Å². The van der Waals surface area contributed by atoms with Crippen LogP contribution in [0.3, 0.4) is 0 Å². The fourth-order valence-corrected chi connectivity index (χ4v) is 4.07. The second kappa shape index (κ2) is 5.64. The van der Waals surface area contributed by atoms with Crippen LogP contribution in [0.5, 0.6) is 5.75 Å². The predicted octanol–water partition coefficient (Wildman–Crippen LogP) is 3.61. The van der Waals surface area contributed by atoms with Crippen LogP contribution in [0.25, 0.3) is 0 Å². The molecule has 0 saturated heterocycles. The summed E-state index contributed by atoms with van der Waals surface area (Å²) in [6.07, 6.45) is 5.43. The van der Waals surface area contributed by atoms with E-state index in [2.05, 4.69) is 22.6 Å². The second-order valence-electron chi connectivity index (χ2n) is 6.15. The summed E-state index contributed by atoms with van der Waals surface area (Å²) in [6.45, 7) is 0. The van der Waals surface area contributed by atoms with E-state index < -0.39 is 0 Å². The maximum absolute atomic E-state index is 12.4. The highest BCUT2D eigenvalue weighted by Crippen LogP contribution is 2.54. The molecule has 0 heterocycles. The van der Waals surface area contributed by atoms with Crippen LogP contribution in [0.1, 0.15) is 43.7 Å². The van der Waals surface area contributed by atoms with Gasteiger partial charge in [-0.2, -0.15) is 0 Å². The van der Waals surface area contributed by atoms with Crippen molar-refractivity contribution in [1.82, 2.24) is 0 Å². The van der Waals surface area contributed by atoms with Crippen LogP contribution in [-0.2, 0) is 4.79 Å². The number of fused-ring (bicyclic) bond motifs is 2. The maximum atomic E-state index is 12.4. The molecule has 1 aromatic rings. The van der Waals surface area contributed by atoms with Crippen molar-refractivity contribution in [3.63, 3.8) is 0 Å². The number of halogens is 1. The minimum absolute atomic E-state index is 0.0246. The Hall–Kier alpha value is -0.620. The number of ether oxygens (including phenoxy) is 1. The van der Waals surface area contributed by atoms with Gasteiger partial charge in [-0.25, -0.2) is 0 Å². The van der Waals surface area contributed by atoms with Crippen LogP contribution in [0.2, 0.25) is 0 Å². The molecule has 2 saturated carbocycles. The molecule has 0 amide bonds. The molecule has 2 aliphatic carbocycles. The number of alkyl halides is 1. The quantitative estimate of drug-likeness (QED) is 0.373. The van der Waals surface area contributed by atoms with Crippen molar-refractivity contribution in [1.29, 1.82) is 0 Å². The first kappa shape index (κ1) is 14.3.